The highest BCUT2D eigenvalue weighted by Crippen LogP contribution is 2.32. The largest absolute Gasteiger partial charge is 0.310 e. The summed E-state index contributed by atoms with van der Waals surface area (Å²) in [4.78, 5) is 0. The monoisotopic (exact) mass is 245 g/mol. The molecule has 0 heterocycles. The Morgan fingerprint density at radius 1 is 1.38 bits per heavy atom. The minimum Gasteiger partial charge on any atom is -0.310 e. The maximum absolute atomic E-state index is 6.18. The highest BCUT2D eigenvalue weighted by Gasteiger charge is 2.32. The molecule has 1 unspecified atom stereocenters. The van der Waals surface area contributed by atoms with Crippen molar-refractivity contribution in [2.75, 3.05) is 12.4 Å². The Bertz CT molecular complexity index is 185. The standard InChI is InChI=1S/C14H28ClN/c1-4-5-13(3)10-16-14(11-15)8-6-12(2)7-9-14/h12-13,16H,4-11H2,1-3H3. The Kier molecular flexibility index (Phi) is 6.13. The molecule has 1 rings (SSSR count). The zero-order valence-electron chi connectivity index (χ0n) is 11.2. The molecule has 0 bridgehead atoms. The van der Waals surface area contributed by atoms with Gasteiger partial charge in [0.25, 0.3) is 0 Å². The van der Waals surface area contributed by atoms with Gasteiger partial charge in [-0.05, 0) is 50.5 Å². The summed E-state index contributed by atoms with van der Waals surface area (Å²) in [6.07, 6.45) is 7.80. The van der Waals surface area contributed by atoms with E-state index in [1.807, 2.05) is 0 Å². The molecule has 16 heavy (non-hydrogen) atoms. The van der Waals surface area contributed by atoms with Gasteiger partial charge in [0.2, 0.25) is 0 Å². The van der Waals surface area contributed by atoms with Crippen molar-refractivity contribution in [3.8, 4) is 0 Å². The Balaban J connectivity index is 2.36. The Morgan fingerprint density at radius 3 is 2.50 bits per heavy atom. The van der Waals surface area contributed by atoms with Crippen LogP contribution in [-0.4, -0.2) is 18.0 Å². The number of rotatable bonds is 6. The third-order valence-corrected chi connectivity index (χ3v) is 4.61. The normalized spacial score (nSPS) is 32.6. The first-order valence-electron chi connectivity index (χ1n) is 6.93. The number of hydrogen-bond donors (Lipinski definition) is 1. The van der Waals surface area contributed by atoms with Crippen LogP contribution in [0.5, 0.6) is 0 Å². The van der Waals surface area contributed by atoms with Crippen LogP contribution >= 0.6 is 11.6 Å². The van der Waals surface area contributed by atoms with E-state index in [2.05, 4.69) is 26.1 Å². The van der Waals surface area contributed by atoms with Crippen molar-refractivity contribution in [1.82, 2.24) is 5.32 Å². The third kappa shape index (κ3) is 4.25. The summed E-state index contributed by atoms with van der Waals surface area (Å²) in [5.74, 6) is 2.45. The van der Waals surface area contributed by atoms with E-state index in [1.54, 1.807) is 0 Å². The van der Waals surface area contributed by atoms with E-state index in [4.69, 9.17) is 11.6 Å². The predicted octanol–water partition coefficient (Wildman–Crippen LogP) is 4.20. The molecule has 1 N–H and O–H groups in total. The molecule has 0 aromatic rings. The van der Waals surface area contributed by atoms with Gasteiger partial charge >= 0.3 is 0 Å². The lowest BCUT2D eigenvalue weighted by molar-refractivity contribution is 0.208. The van der Waals surface area contributed by atoms with Gasteiger partial charge in [-0.15, -0.1) is 11.6 Å². The highest BCUT2D eigenvalue weighted by atomic mass is 35.5. The molecule has 1 nitrogen and oxygen atoms in total. The maximum Gasteiger partial charge on any atom is 0.0406 e. The van der Waals surface area contributed by atoms with Crippen molar-refractivity contribution in [3.63, 3.8) is 0 Å². The SMILES string of the molecule is CCCC(C)CNC1(CCl)CCC(C)CC1. The average molecular weight is 246 g/mol. The fourth-order valence-corrected chi connectivity index (χ4v) is 3.02. The second kappa shape index (κ2) is 6.86. The highest BCUT2D eigenvalue weighted by molar-refractivity contribution is 6.18. The van der Waals surface area contributed by atoms with Crippen LogP contribution < -0.4 is 5.32 Å². The van der Waals surface area contributed by atoms with Crippen LogP contribution in [0.15, 0.2) is 0 Å². The topological polar surface area (TPSA) is 12.0 Å². The van der Waals surface area contributed by atoms with E-state index in [-0.39, 0.29) is 5.54 Å². The summed E-state index contributed by atoms with van der Waals surface area (Å²) in [6, 6.07) is 0. The van der Waals surface area contributed by atoms with Crippen molar-refractivity contribution >= 4 is 11.6 Å². The van der Waals surface area contributed by atoms with E-state index in [9.17, 15) is 0 Å². The Labute approximate surface area is 106 Å². The van der Waals surface area contributed by atoms with Crippen LogP contribution in [0.2, 0.25) is 0 Å². The molecular weight excluding hydrogens is 218 g/mol. The molecule has 1 aliphatic rings. The van der Waals surface area contributed by atoms with E-state index >= 15 is 0 Å². The summed E-state index contributed by atoms with van der Waals surface area (Å²) in [7, 11) is 0. The predicted molar refractivity (Wildman–Crippen MR) is 73.2 cm³/mol. The summed E-state index contributed by atoms with van der Waals surface area (Å²) < 4.78 is 0. The van der Waals surface area contributed by atoms with Gasteiger partial charge in [-0.25, -0.2) is 0 Å². The third-order valence-electron chi connectivity index (χ3n) is 4.09. The molecule has 0 saturated heterocycles. The fraction of sp³-hybridized carbons (Fsp3) is 1.00. The van der Waals surface area contributed by atoms with Crippen LogP contribution in [0.4, 0.5) is 0 Å². The van der Waals surface area contributed by atoms with Gasteiger partial charge in [0.1, 0.15) is 0 Å². The zero-order chi connectivity index (χ0) is 12.0. The molecule has 1 fully saturated rings. The van der Waals surface area contributed by atoms with Crippen molar-refractivity contribution in [2.24, 2.45) is 11.8 Å². The maximum atomic E-state index is 6.18. The van der Waals surface area contributed by atoms with Crippen LogP contribution in [0.1, 0.15) is 59.3 Å². The molecule has 96 valence electrons. The van der Waals surface area contributed by atoms with Gasteiger partial charge in [-0.1, -0.05) is 27.2 Å². The fourth-order valence-electron chi connectivity index (χ4n) is 2.66. The van der Waals surface area contributed by atoms with Crippen LogP contribution in [-0.2, 0) is 0 Å². The molecule has 1 aliphatic carbocycles. The molecular formula is C14H28ClN. The molecule has 2 heteroatoms. The number of hydrogen-bond acceptors (Lipinski definition) is 1. The Morgan fingerprint density at radius 2 is 2.00 bits per heavy atom. The van der Waals surface area contributed by atoms with Gasteiger partial charge in [-0.2, -0.15) is 0 Å². The summed E-state index contributed by atoms with van der Waals surface area (Å²) >= 11 is 6.18. The number of nitrogens with one attached hydrogen (secondary N) is 1. The van der Waals surface area contributed by atoms with Crippen LogP contribution in [0.25, 0.3) is 0 Å². The molecule has 0 aromatic heterocycles. The molecule has 0 aliphatic heterocycles. The lowest BCUT2D eigenvalue weighted by Gasteiger charge is -2.39. The van der Waals surface area contributed by atoms with E-state index in [1.165, 1.54) is 38.5 Å². The number of alkyl halides is 1. The first-order chi connectivity index (χ1) is 7.62. The Hall–Kier alpha value is 0.250. The summed E-state index contributed by atoms with van der Waals surface area (Å²) in [6.45, 7) is 8.09. The first-order valence-corrected chi connectivity index (χ1v) is 7.46. The van der Waals surface area contributed by atoms with Crippen molar-refractivity contribution < 1.29 is 0 Å². The van der Waals surface area contributed by atoms with E-state index in [0.717, 1.165) is 24.3 Å². The summed E-state index contributed by atoms with van der Waals surface area (Å²) in [5.41, 5.74) is 0.246. The van der Waals surface area contributed by atoms with Crippen molar-refractivity contribution in [1.29, 1.82) is 0 Å². The lowest BCUT2D eigenvalue weighted by Crippen LogP contribution is -2.50. The second-order valence-electron chi connectivity index (χ2n) is 5.87. The van der Waals surface area contributed by atoms with Crippen LogP contribution in [0.3, 0.4) is 0 Å². The van der Waals surface area contributed by atoms with Crippen molar-refractivity contribution in [2.45, 2.75) is 64.8 Å². The first kappa shape index (κ1) is 14.3. The van der Waals surface area contributed by atoms with Crippen LogP contribution in [0, 0.1) is 11.8 Å². The molecule has 1 saturated carbocycles. The molecule has 1 atom stereocenters. The number of halogens is 1. The molecule has 0 amide bonds. The van der Waals surface area contributed by atoms with Gasteiger partial charge in [0, 0.05) is 11.4 Å². The quantitative estimate of drug-likeness (QED) is 0.692. The smallest absolute Gasteiger partial charge is 0.0406 e. The van der Waals surface area contributed by atoms with Gasteiger partial charge in [-0.3, -0.25) is 0 Å². The van der Waals surface area contributed by atoms with Gasteiger partial charge in [0.05, 0.1) is 0 Å². The van der Waals surface area contributed by atoms with E-state index in [0.29, 0.717) is 0 Å². The van der Waals surface area contributed by atoms with Gasteiger partial charge < -0.3 is 5.32 Å². The minimum absolute atomic E-state index is 0.246. The zero-order valence-corrected chi connectivity index (χ0v) is 11.9. The lowest BCUT2D eigenvalue weighted by atomic mass is 9.78. The summed E-state index contributed by atoms with van der Waals surface area (Å²) in [5, 5.41) is 3.76. The van der Waals surface area contributed by atoms with Crippen molar-refractivity contribution in [3.05, 3.63) is 0 Å². The molecule has 0 radical (unpaired) electrons. The minimum atomic E-state index is 0.246. The molecule has 0 aromatic carbocycles. The van der Waals surface area contributed by atoms with E-state index < -0.39 is 0 Å². The average Bonchev–Trinajstić information content (AvgIpc) is 2.30. The molecule has 0 spiro atoms. The van der Waals surface area contributed by atoms with Gasteiger partial charge in [0.15, 0.2) is 0 Å². The second-order valence-corrected chi connectivity index (χ2v) is 6.14.